The summed E-state index contributed by atoms with van der Waals surface area (Å²) in [6.07, 6.45) is 8.84. The minimum Gasteiger partial charge on any atom is -0.0723 e. The molecule has 0 atom stereocenters. The van der Waals surface area contributed by atoms with Gasteiger partial charge in [-0.1, -0.05) is 24.0 Å². The molecule has 0 aromatic heterocycles. The maximum Gasteiger partial charge on any atom is -0.0150 e. The van der Waals surface area contributed by atoms with Crippen molar-refractivity contribution in [1.82, 2.24) is 0 Å². The van der Waals surface area contributed by atoms with Crippen LogP contribution < -0.4 is 0 Å². The zero-order valence-electron chi connectivity index (χ0n) is 4.02. The molecule has 1 aliphatic rings. The summed E-state index contributed by atoms with van der Waals surface area (Å²) in [5.74, 6) is 5.66. The van der Waals surface area contributed by atoms with Gasteiger partial charge in [-0.25, -0.2) is 0 Å². The van der Waals surface area contributed by atoms with Crippen molar-refractivity contribution in [2.24, 2.45) is 0 Å². The average molecular weight is 90.1 g/mol. The van der Waals surface area contributed by atoms with Crippen LogP contribution in [-0.2, 0) is 0 Å². The second kappa shape index (κ2) is 2.25. The summed E-state index contributed by atoms with van der Waals surface area (Å²) in [6.45, 7) is 0. The Labute approximate surface area is 43.5 Å². The number of hydrogen-bond donors (Lipinski definition) is 0. The third-order valence-electron chi connectivity index (χ3n) is 0.758. The second-order valence-electron chi connectivity index (χ2n) is 1.33. The molecule has 1 aliphatic carbocycles. The molecule has 0 saturated heterocycles. The van der Waals surface area contributed by atoms with E-state index in [0.29, 0.717) is 0 Å². The Kier molecular flexibility index (Phi) is 1.35. The fourth-order valence-electron chi connectivity index (χ4n) is 0.429. The molecule has 0 aromatic carbocycles. The van der Waals surface area contributed by atoms with Crippen LogP contribution in [0.4, 0.5) is 0 Å². The van der Waals surface area contributed by atoms with E-state index in [4.69, 9.17) is 0 Å². The third kappa shape index (κ3) is 1.28. The topological polar surface area (TPSA) is 0 Å². The molecule has 1 rings (SSSR count). The molecule has 0 saturated carbocycles. The monoisotopic (exact) mass is 90.0 g/mol. The van der Waals surface area contributed by atoms with Gasteiger partial charge in [-0.15, -0.1) is 0 Å². The van der Waals surface area contributed by atoms with Crippen LogP contribution in [0.25, 0.3) is 0 Å². The van der Waals surface area contributed by atoms with Crippen LogP contribution >= 0.6 is 0 Å². The summed E-state index contributed by atoms with van der Waals surface area (Å²) < 4.78 is 0. The van der Waals surface area contributed by atoms with Gasteiger partial charge in [0.1, 0.15) is 0 Å². The highest BCUT2D eigenvalue weighted by molar-refractivity contribution is 5.26. The normalized spacial score (nSPS) is 14.9. The van der Waals surface area contributed by atoms with E-state index in [1.807, 2.05) is 24.3 Å². The maximum atomic E-state index is 2.83. The van der Waals surface area contributed by atoms with Crippen molar-refractivity contribution in [3.63, 3.8) is 0 Å². The average Bonchev–Trinajstić information content (AvgIpc) is 1.90. The lowest BCUT2D eigenvalue weighted by atomic mass is 10.4. The number of rotatable bonds is 0. The summed E-state index contributed by atoms with van der Waals surface area (Å²) in [5.41, 5.74) is 0. The highest BCUT2D eigenvalue weighted by Crippen LogP contribution is 1.86. The van der Waals surface area contributed by atoms with E-state index in [2.05, 4.69) is 11.8 Å². The molecular formula is C7H6. The van der Waals surface area contributed by atoms with E-state index < -0.39 is 0 Å². The van der Waals surface area contributed by atoms with E-state index in [0.717, 1.165) is 6.42 Å². The molecule has 0 spiro atoms. The molecular weight excluding hydrogens is 84.1 g/mol. The quantitative estimate of drug-likeness (QED) is 0.395. The summed E-state index contributed by atoms with van der Waals surface area (Å²) in [4.78, 5) is 0. The fraction of sp³-hybridized carbons (Fsp3) is 0.143. The van der Waals surface area contributed by atoms with E-state index in [1.54, 1.807) is 0 Å². The first kappa shape index (κ1) is 4.21. The van der Waals surface area contributed by atoms with Crippen LogP contribution in [0.5, 0.6) is 0 Å². The van der Waals surface area contributed by atoms with Crippen molar-refractivity contribution in [3.05, 3.63) is 24.3 Å². The molecule has 0 N–H and O–H groups in total. The summed E-state index contributed by atoms with van der Waals surface area (Å²) in [5, 5.41) is 0. The molecule has 0 heteroatoms. The molecule has 0 nitrogen and oxygen atoms in total. The highest BCUT2D eigenvalue weighted by atomic mass is 13.7. The Bertz CT molecular complexity index is 135. The lowest BCUT2D eigenvalue weighted by Crippen LogP contribution is -1.49. The van der Waals surface area contributed by atoms with Gasteiger partial charge >= 0.3 is 0 Å². The van der Waals surface area contributed by atoms with Gasteiger partial charge in [0.15, 0.2) is 0 Å². The fourth-order valence-corrected chi connectivity index (χ4v) is 0.429. The molecule has 7 heavy (non-hydrogen) atoms. The Morgan fingerprint density at radius 1 is 1.00 bits per heavy atom. The van der Waals surface area contributed by atoms with Crippen molar-refractivity contribution in [2.75, 3.05) is 0 Å². The summed E-state index contributed by atoms with van der Waals surface area (Å²) in [6, 6.07) is 0. The van der Waals surface area contributed by atoms with Crippen LogP contribution in [0, 0.1) is 11.8 Å². The van der Waals surface area contributed by atoms with Crippen LogP contribution in [0.15, 0.2) is 24.3 Å². The largest absolute Gasteiger partial charge is 0.0723 e. The van der Waals surface area contributed by atoms with Gasteiger partial charge < -0.3 is 0 Å². The maximum absolute atomic E-state index is 2.83. The van der Waals surface area contributed by atoms with Crippen LogP contribution in [-0.4, -0.2) is 0 Å². The van der Waals surface area contributed by atoms with Crippen molar-refractivity contribution < 1.29 is 0 Å². The smallest absolute Gasteiger partial charge is 0.0150 e. The summed E-state index contributed by atoms with van der Waals surface area (Å²) in [7, 11) is 0. The van der Waals surface area contributed by atoms with E-state index in [1.165, 1.54) is 0 Å². The molecule has 0 heterocycles. The Hall–Kier alpha value is -0.960. The van der Waals surface area contributed by atoms with Crippen LogP contribution in [0.1, 0.15) is 6.42 Å². The van der Waals surface area contributed by atoms with E-state index in [9.17, 15) is 0 Å². The molecule has 34 valence electrons. The van der Waals surface area contributed by atoms with E-state index in [-0.39, 0.29) is 0 Å². The van der Waals surface area contributed by atoms with Crippen LogP contribution in [0.2, 0.25) is 0 Å². The standard InChI is InChI=1S/C7H6/c1-2-4-6-7-5-3-1/h1-2,5,7H,3H2. The first-order valence-electron chi connectivity index (χ1n) is 2.31. The van der Waals surface area contributed by atoms with Crippen molar-refractivity contribution in [1.29, 1.82) is 0 Å². The van der Waals surface area contributed by atoms with Gasteiger partial charge in [0.2, 0.25) is 0 Å². The zero-order chi connectivity index (χ0) is 4.95. The second-order valence-corrected chi connectivity index (χ2v) is 1.33. The molecule has 0 aromatic rings. The predicted molar refractivity (Wildman–Crippen MR) is 30.7 cm³/mol. The van der Waals surface area contributed by atoms with Crippen molar-refractivity contribution >= 4 is 0 Å². The van der Waals surface area contributed by atoms with Gasteiger partial charge in [0.25, 0.3) is 0 Å². The minimum atomic E-state index is 1.01. The zero-order valence-corrected chi connectivity index (χ0v) is 4.02. The van der Waals surface area contributed by atoms with Gasteiger partial charge in [-0.3, -0.25) is 0 Å². The Morgan fingerprint density at radius 3 is 2.14 bits per heavy atom. The molecule has 0 fully saturated rings. The molecule has 0 bridgehead atoms. The lowest BCUT2D eigenvalue weighted by molar-refractivity contribution is 1.41. The van der Waals surface area contributed by atoms with Gasteiger partial charge in [0.05, 0.1) is 0 Å². The number of allylic oxidation sites excluding steroid dienone is 4. The third-order valence-corrected chi connectivity index (χ3v) is 0.758. The SMILES string of the molecule is C1#CC=CCC=C1. The van der Waals surface area contributed by atoms with Gasteiger partial charge in [-0.2, -0.15) is 0 Å². The number of hydrogen-bond acceptors (Lipinski definition) is 0. The predicted octanol–water partition coefficient (Wildman–Crippen LogP) is 1.51. The van der Waals surface area contributed by atoms with Crippen LogP contribution in [0.3, 0.4) is 0 Å². The first-order chi connectivity index (χ1) is 3.50. The highest BCUT2D eigenvalue weighted by Gasteiger charge is 1.69. The Morgan fingerprint density at radius 2 is 1.57 bits per heavy atom. The van der Waals surface area contributed by atoms with E-state index >= 15 is 0 Å². The Balaban J connectivity index is 2.69. The molecule has 0 unspecified atom stereocenters. The molecule has 0 aliphatic heterocycles. The van der Waals surface area contributed by atoms with Gasteiger partial charge in [-0.05, 0) is 18.6 Å². The molecule has 0 amide bonds. The van der Waals surface area contributed by atoms with Gasteiger partial charge in [0, 0.05) is 0 Å². The first-order valence-corrected chi connectivity index (χ1v) is 2.31. The summed E-state index contributed by atoms with van der Waals surface area (Å²) >= 11 is 0. The lowest BCUT2D eigenvalue weighted by Gasteiger charge is -1.68. The molecule has 0 radical (unpaired) electrons. The van der Waals surface area contributed by atoms with Crippen molar-refractivity contribution in [2.45, 2.75) is 6.42 Å². The minimum absolute atomic E-state index is 1.01. The van der Waals surface area contributed by atoms with Crippen molar-refractivity contribution in [3.8, 4) is 11.8 Å².